The summed E-state index contributed by atoms with van der Waals surface area (Å²) in [5.74, 6) is 1.55. The van der Waals surface area contributed by atoms with Crippen molar-refractivity contribution < 1.29 is 14.3 Å². The van der Waals surface area contributed by atoms with Crippen LogP contribution in [0, 0.1) is 0 Å². The number of ether oxygens (including phenoxy) is 2. The lowest BCUT2D eigenvalue weighted by Gasteiger charge is -2.34. The zero-order valence-corrected chi connectivity index (χ0v) is 14.4. The zero-order valence-electron chi connectivity index (χ0n) is 13.7. The number of halogens is 1. The van der Waals surface area contributed by atoms with E-state index in [0.717, 1.165) is 31.1 Å². The normalized spacial score (nSPS) is 16.9. The van der Waals surface area contributed by atoms with Crippen molar-refractivity contribution in [1.29, 1.82) is 0 Å². The van der Waals surface area contributed by atoms with E-state index < -0.39 is 0 Å². The van der Waals surface area contributed by atoms with Gasteiger partial charge in [-0.1, -0.05) is 17.7 Å². The molecule has 1 aromatic heterocycles. The summed E-state index contributed by atoms with van der Waals surface area (Å²) < 4.78 is 10.8. The highest BCUT2D eigenvalue weighted by Crippen LogP contribution is 2.32. The van der Waals surface area contributed by atoms with Gasteiger partial charge in [0.1, 0.15) is 5.15 Å². The summed E-state index contributed by atoms with van der Waals surface area (Å²) in [4.78, 5) is 20.7. The zero-order chi connectivity index (χ0) is 17.2. The van der Waals surface area contributed by atoms with Crippen LogP contribution in [-0.4, -0.2) is 53.7 Å². The van der Waals surface area contributed by atoms with Gasteiger partial charge in [-0.2, -0.15) is 0 Å². The van der Waals surface area contributed by atoms with Crippen LogP contribution in [0.25, 0.3) is 0 Å². The molecule has 1 aromatic carbocycles. The minimum atomic E-state index is -0.0548. The van der Waals surface area contributed by atoms with Gasteiger partial charge < -0.3 is 14.4 Å². The van der Waals surface area contributed by atoms with Crippen molar-refractivity contribution in [1.82, 2.24) is 14.8 Å². The second kappa shape index (κ2) is 6.90. The molecule has 6 nitrogen and oxygen atoms in total. The Kier molecular flexibility index (Phi) is 4.46. The number of rotatable bonds is 3. The standard InChI is InChI=1S/C18H18ClN3O3/c19-17-14(2-1-5-20-17)18(23)22-8-6-21(7-9-22)11-13-3-4-15-16(10-13)25-12-24-15/h1-5,10H,6-9,11-12H2. The number of piperazine rings is 1. The molecule has 0 radical (unpaired) electrons. The van der Waals surface area contributed by atoms with Crippen LogP contribution in [0.4, 0.5) is 0 Å². The second-order valence-corrected chi connectivity index (χ2v) is 6.46. The first-order chi connectivity index (χ1) is 12.2. The Balaban J connectivity index is 1.35. The third-order valence-electron chi connectivity index (χ3n) is 4.49. The summed E-state index contributed by atoms with van der Waals surface area (Å²) in [5.41, 5.74) is 1.65. The number of hydrogen-bond donors (Lipinski definition) is 0. The van der Waals surface area contributed by atoms with Crippen molar-refractivity contribution in [2.45, 2.75) is 6.54 Å². The van der Waals surface area contributed by atoms with Crippen LogP contribution in [0.1, 0.15) is 15.9 Å². The second-order valence-electron chi connectivity index (χ2n) is 6.10. The van der Waals surface area contributed by atoms with Crippen LogP contribution in [0.2, 0.25) is 5.15 Å². The number of benzene rings is 1. The van der Waals surface area contributed by atoms with Crippen LogP contribution < -0.4 is 9.47 Å². The quantitative estimate of drug-likeness (QED) is 0.788. The molecule has 1 amide bonds. The molecular formula is C18H18ClN3O3. The Morgan fingerprint density at radius 2 is 1.92 bits per heavy atom. The number of hydrogen-bond acceptors (Lipinski definition) is 5. The highest BCUT2D eigenvalue weighted by Gasteiger charge is 2.24. The van der Waals surface area contributed by atoms with Gasteiger partial charge in [-0.15, -0.1) is 0 Å². The summed E-state index contributed by atoms with van der Waals surface area (Å²) >= 11 is 6.03. The fourth-order valence-electron chi connectivity index (χ4n) is 3.12. The molecule has 130 valence electrons. The number of fused-ring (bicyclic) bond motifs is 1. The highest BCUT2D eigenvalue weighted by molar-refractivity contribution is 6.32. The lowest BCUT2D eigenvalue weighted by molar-refractivity contribution is 0.0628. The molecule has 0 unspecified atom stereocenters. The van der Waals surface area contributed by atoms with Gasteiger partial charge in [-0.25, -0.2) is 4.98 Å². The molecule has 2 aromatic rings. The van der Waals surface area contributed by atoms with Crippen LogP contribution in [0.3, 0.4) is 0 Å². The maximum atomic E-state index is 12.6. The van der Waals surface area contributed by atoms with Gasteiger partial charge in [-0.05, 0) is 29.8 Å². The summed E-state index contributed by atoms with van der Waals surface area (Å²) in [5, 5.41) is 0.260. The van der Waals surface area contributed by atoms with E-state index in [0.29, 0.717) is 18.7 Å². The number of nitrogens with zero attached hydrogens (tertiary/aromatic N) is 3. The summed E-state index contributed by atoms with van der Waals surface area (Å²) in [6, 6.07) is 9.48. The number of carbonyl (C=O) groups excluding carboxylic acids is 1. The van der Waals surface area contributed by atoms with Gasteiger partial charge in [0, 0.05) is 38.9 Å². The fourth-order valence-corrected chi connectivity index (χ4v) is 3.32. The fraction of sp³-hybridized carbons (Fsp3) is 0.333. The molecule has 0 bridgehead atoms. The largest absolute Gasteiger partial charge is 0.454 e. The van der Waals surface area contributed by atoms with E-state index in [1.54, 1.807) is 18.3 Å². The molecule has 2 aliphatic heterocycles. The van der Waals surface area contributed by atoms with Crippen molar-refractivity contribution >= 4 is 17.5 Å². The maximum absolute atomic E-state index is 12.6. The van der Waals surface area contributed by atoms with Crippen molar-refractivity contribution in [2.24, 2.45) is 0 Å². The van der Waals surface area contributed by atoms with Gasteiger partial charge in [0.05, 0.1) is 5.56 Å². The molecule has 4 rings (SSSR count). The van der Waals surface area contributed by atoms with Crippen LogP contribution in [-0.2, 0) is 6.54 Å². The first kappa shape index (κ1) is 16.2. The molecule has 0 aliphatic carbocycles. The van der Waals surface area contributed by atoms with E-state index >= 15 is 0 Å². The molecule has 1 saturated heterocycles. The van der Waals surface area contributed by atoms with Gasteiger partial charge in [0.2, 0.25) is 6.79 Å². The summed E-state index contributed by atoms with van der Waals surface area (Å²) in [7, 11) is 0. The summed E-state index contributed by atoms with van der Waals surface area (Å²) in [6.07, 6.45) is 1.59. The van der Waals surface area contributed by atoms with Gasteiger partial charge >= 0.3 is 0 Å². The van der Waals surface area contributed by atoms with Gasteiger partial charge in [0.15, 0.2) is 11.5 Å². The Morgan fingerprint density at radius 1 is 1.12 bits per heavy atom. The third kappa shape index (κ3) is 3.41. The topological polar surface area (TPSA) is 54.9 Å². The Morgan fingerprint density at radius 3 is 2.72 bits per heavy atom. The molecule has 0 atom stereocenters. The number of aromatic nitrogens is 1. The monoisotopic (exact) mass is 359 g/mol. The van der Waals surface area contributed by atoms with Crippen LogP contribution in [0.15, 0.2) is 36.5 Å². The van der Waals surface area contributed by atoms with Crippen LogP contribution >= 0.6 is 11.6 Å². The lowest BCUT2D eigenvalue weighted by Crippen LogP contribution is -2.48. The molecule has 0 saturated carbocycles. The van der Waals surface area contributed by atoms with E-state index in [9.17, 15) is 4.79 Å². The van der Waals surface area contributed by atoms with E-state index in [2.05, 4.69) is 16.0 Å². The predicted octanol–water partition coefficient (Wildman–Crippen LogP) is 2.42. The summed E-state index contributed by atoms with van der Waals surface area (Å²) in [6.45, 7) is 4.10. The van der Waals surface area contributed by atoms with E-state index in [1.807, 2.05) is 17.0 Å². The Hall–Kier alpha value is -2.31. The smallest absolute Gasteiger partial charge is 0.257 e. The van der Waals surface area contributed by atoms with Crippen molar-refractivity contribution in [3.8, 4) is 11.5 Å². The first-order valence-electron chi connectivity index (χ1n) is 8.21. The minimum Gasteiger partial charge on any atom is -0.454 e. The van der Waals surface area contributed by atoms with Crippen LogP contribution in [0.5, 0.6) is 11.5 Å². The van der Waals surface area contributed by atoms with Crippen molar-refractivity contribution in [3.05, 3.63) is 52.8 Å². The third-order valence-corrected chi connectivity index (χ3v) is 4.79. The molecule has 7 heteroatoms. The molecule has 3 heterocycles. The highest BCUT2D eigenvalue weighted by atomic mass is 35.5. The van der Waals surface area contributed by atoms with E-state index in [1.165, 1.54) is 5.56 Å². The van der Waals surface area contributed by atoms with Crippen molar-refractivity contribution in [2.75, 3.05) is 33.0 Å². The first-order valence-corrected chi connectivity index (χ1v) is 8.59. The number of pyridine rings is 1. The Bertz CT molecular complexity index is 791. The molecule has 1 fully saturated rings. The van der Waals surface area contributed by atoms with Crippen molar-refractivity contribution in [3.63, 3.8) is 0 Å². The molecular weight excluding hydrogens is 342 g/mol. The molecule has 0 N–H and O–H groups in total. The van der Waals surface area contributed by atoms with Gasteiger partial charge in [-0.3, -0.25) is 9.69 Å². The predicted molar refractivity (Wildman–Crippen MR) is 93.0 cm³/mol. The van der Waals surface area contributed by atoms with Gasteiger partial charge in [0.25, 0.3) is 5.91 Å². The Labute approximate surface area is 150 Å². The SMILES string of the molecule is O=C(c1cccnc1Cl)N1CCN(Cc2ccc3c(c2)OCO3)CC1. The maximum Gasteiger partial charge on any atom is 0.257 e. The average Bonchev–Trinajstić information content (AvgIpc) is 3.10. The molecule has 0 spiro atoms. The number of carbonyl (C=O) groups is 1. The lowest BCUT2D eigenvalue weighted by atomic mass is 10.1. The van der Waals surface area contributed by atoms with E-state index in [4.69, 9.17) is 21.1 Å². The minimum absolute atomic E-state index is 0.0548. The molecule has 2 aliphatic rings. The van der Waals surface area contributed by atoms with E-state index in [-0.39, 0.29) is 17.9 Å². The average molecular weight is 360 g/mol. The molecule has 25 heavy (non-hydrogen) atoms. The number of amides is 1.